The average molecular weight is 248 g/mol. The van der Waals surface area contributed by atoms with Crippen molar-refractivity contribution in [1.29, 1.82) is 0 Å². The third-order valence-corrected chi connectivity index (χ3v) is 4.14. The lowest BCUT2D eigenvalue weighted by Gasteiger charge is -2.34. The van der Waals surface area contributed by atoms with Gasteiger partial charge in [-0.05, 0) is 63.5 Å². The molecule has 1 aliphatic heterocycles. The molecule has 0 amide bonds. The van der Waals surface area contributed by atoms with Gasteiger partial charge in [0, 0.05) is 12.6 Å². The molecule has 0 spiro atoms. The minimum atomic E-state index is 0.348. The van der Waals surface area contributed by atoms with Crippen LogP contribution in [0.1, 0.15) is 25.3 Å². The largest absolute Gasteiger partial charge is 0.508 e. The summed E-state index contributed by atoms with van der Waals surface area (Å²) in [5.74, 6) is 1.16. The number of hydrogen-bond acceptors (Lipinski definition) is 3. The Hall–Kier alpha value is -1.06. The molecule has 1 aromatic rings. The van der Waals surface area contributed by atoms with Crippen LogP contribution in [-0.2, 0) is 6.54 Å². The van der Waals surface area contributed by atoms with Crippen LogP contribution >= 0.6 is 0 Å². The first-order valence-corrected chi connectivity index (χ1v) is 6.86. The van der Waals surface area contributed by atoms with Crippen LogP contribution in [0.2, 0.25) is 0 Å². The maximum atomic E-state index is 9.26. The van der Waals surface area contributed by atoms with Crippen molar-refractivity contribution < 1.29 is 5.11 Å². The van der Waals surface area contributed by atoms with Crippen molar-refractivity contribution in [3.05, 3.63) is 29.8 Å². The van der Waals surface area contributed by atoms with Crippen LogP contribution in [0.3, 0.4) is 0 Å². The van der Waals surface area contributed by atoms with Gasteiger partial charge in [-0.25, -0.2) is 0 Å². The molecule has 1 heterocycles. The van der Waals surface area contributed by atoms with Crippen molar-refractivity contribution in [2.75, 3.05) is 20.1 Å². The van der Waals surface area contributed by atoms with Gasteiger partial charge in [0.1, 0.15) is 5.75 Å². The van der Waals surface area contributed by atoms with Crippen LogP contribution in [0.4, 0.5) is 0 Å². The number of benzene rings is 1. The summed E-state index contributed by atoms with van der Waals surface area (Å²) >= 11 is 0. The number of phenolic OH excluding ortho intramolecular Hbond substituents is 1. The number of nitrogens with zero attached hydrogens (tertiary/aromatic N) is 1. The Kier molecular flexibility index (Phi) is 4.61. The standard InChI is InChI=1S/C15H24N2O/c1-12(16-2)14-7-9-17(10-8-14)11-13-3-5-15(18)6-4-13/h3-6,12,14,16,18H,7-11H2,1-2H3. The highest BCUT2D eigenvalue weighted by Crippen LogP contribution is 2.22. The Labute approximate surface area is 110 Å². The molecule has 0 radical (unpaired) electrons. The molecule has 3 nitrogen and oxygen atoms in total. The fraction of sp³-hybridized carbons (Fsp3) is 0.600. The van der Waals surface area contributed by atoms with Crippen LogP contribution in [0.15, 0.2) is 24.3 Å². The normalized spacial score (nSPS) is 19.9. The SMILES string of the molecule is CNC(C)C1CCN(Cc2ccc(O)cc2)CC1. The van der Waals surface area contributed by atoms with E-state index in [0.717, 1.165) is 12.5 Å². The first-order chi connectivity index (χ1) is 8.69. The van der Waals surface area contributed by atoms with E-state index in [-0.39, 0.29) is 0 Å². The zero-order valence-corrected chi connectivity index (χ0v) is 11.4. The van der Waals surface area contributed by atoms with Crippen LogP contribution in [-0.4, -0.2) is 36.2 Å². The van der Waals surface area contributed by atoms with Crippen molar-refractivity contribution in [1.82, 2.24) is 10.2 Å². The maximum absolute atomic E-state index is 9.26. The molecule has 18 heavy (non-hydrogen) atoms. The van der Waals surface area contributed by atoms with E-state index in [1.165, 1.54) is 31.5 Å². The fourth-order valence-electron chi connectivity index (χ4n) is 2.71. The number of aromatic hydroxyl groups is 1. The lowest BCUT2D eigenvalue weighted by atomic mass is 9.90. The van der Waals surface area contributed by atoms with Gasteiger partial charge in [-0.1, -0.05) is 12.1 Å². The van der Waals surface area contributed by atoms with E-state index in [2.05, 4.69) is 17.1 Å². The molecule has 0 saturated carbocycles. The summed E-state index contributed by atoms with van der Waals surface area (Å²) in [5.41, 5.74) is 1.29. The number of hydrogen-bond donors (Lipinski definition) is 2. The van der Waals surface area contributed by atoms with Gasteiger partial charge in [0.25, 0.3) is 0 Å². The molecule has 100 valence electrons. The van der Waals surface area contributed by atoms with Crippen molar-refractivity contribution in [3.8, 4) is 5.75 Å². The molecule has 0 aliphatic carbocycles. The number of rotatable bonds is 4. The van der Waals surface area contributed by atoms with E-state index in [1.54, 1.807) is 12.1 Å². The van der Waals surface area contributed by atoms with E-state index < -0.39 is 0 Å². The minimum Gasteiger partial charge on any atom is -0.508 e. The molecule has 1 saturated heterocycles. The molecule has 1 atom stereocenters. The van der Waals surface area contributed by atoms with Crippen LogP contribution in [0.25, 0.3) is 0 Å². The Balaban J connectivity index is 1.81. The lowest BCUT2D eigenvalue weighted by Crippen LogP contribution is -2.40. The van der Waals surface area contributed by atoms with E-state index in [1.807, 2.05) is 19.2 Å². The highest BCUT2D eigenvalue weighted by atomic mass is 16.3. The molecule has 2 rings (SSSR count). The number of piperidine rings is 1. The van der Waals surface area contributed by atoms with Crippen molar-refractivity contribution >= 4 is 0 Å². The molecule has 1 fully saturated rings. The highest BCUT2D eigenvalue weighted by molar-refractivity contribution is 5.25. The smallest absolute Gasteiger partial charge is 0.115 e. The van der Waals surface area contributed by atoms with Crippen molar-refractivity contribution in [2.24, 2.45) is 5.92 Å². The molecule has 1 unspecified atom stereocenters. The molecule has 1 aliphatic rings. The van der Waals surface area contributed by atoms with Gasteiger partial charge < -0.3 is 10.4 Å². The highest BCUT2D eigenvalue weighted by Gasteiger charge is 2.22. The minimum absolute atomic E-state index is 0.348. The summed E-state index contributed by atoms with van der Waals surface area (Å²) in [6, 6.07) is 8.19. The quantitative estimate of drug-likeness (QED) is 0.857. The molecule has 0 aromatic heterocycles. The number of likely N-dealkylation sites (tertiary alicyclic amines) is 1. The molecule has 3 heteroatoms. The molecule has 1 aromatic carbocycles. The first-order valence-electron chi connectivity index (χ1n) is 6.86. The summed E-state index contributed by atoms with van der Waals surface area (Å²) in [5, 5.41) is 12.6. The van der Waals surface area contributed by atoms with Crippen LogP contribution < -0.4 is 5.32 Å². The Morgan fingerprint density at radius 2 is 1.89 bits per heavy atom. The topological polar surface area (TPSA) is 35.5 Å². The molecule has 2 N–H and O–H groups in total. The lowest BCUT2D eigenvalue weighted by molar-refractivity contribution is 0.159. The summed E-state index contributed by atoms with van der Waals surface area (Å²) in [6.45, 7) is 5.64. The molecular weight excluding hydrogens is 224 g/mol. The van der Waals surface area contributed by atoms with Crippen LogP contribution in [0.5, 0.6) is 5.75 Å². The second-order valence-electron chi connectivity index (χ2n) is 5.36. The molecule has 0 bridgehead atoms. The van der Waals surface area contributed by atoms with Gasteiger partial charge in [-0.3, -0.25) is 4.90 Å². The van der Waals surface area contributed by atoms with Gasteiger partial charge in [0.2, 0.25) is 0 Å². The predicted octanol–water partition coefficient (Wildman–Crippen LogP) is 2.21. The zero-order chi connectivity index (χ0) is 13.0. The van der Waals surface area contributed by atoms with Crippen molar-refractivity contribution in [2.45, 2.75) is 32.4 Å². The summed E-state index contributed by atoms with van der Waals surface area (Å²) in [6.07, 6.45) is 2.56. The summed E-state index contributed by atoms with van der Waals surface area (Å²) in [4.78, 5) is 2.51. The van der Waals surface area contributed by atoms with E-state index in [4.69, 9.17) is 0 Å². The second kappa shape index (κ2) is 6.21. The summed E-state index contributed by atoms with van der Waals surface area (Å²) < 4.78 is 0. The monoisotopic (exact) mass is 248 g/mol. The van der Waals surface area contributed by atoms with E-state index in [0.29, 0.717) is 11.8 Å². The Bertz CT molecular complexity index is 355. The Morgan fingerprint density at radius 1 is 1.28 bits per heavy atom. The zero-order valence-electron chi connectivity index (χ0n) is 11.4. The van der Waals surface area contributed by atoms with Gasteiger partial charge >= 0.3 is 0 Å². The second-order valence-corrected chi connectivity index (χ2v) is 5.36. The summed E-state index contributed by atoms with van der Waals surface area (Å²) in [7, 11) is 2.05. The number of nitrogens with one attached hydrogen (secondary N) is 1. The average Bonchev–Trinajstić information content (AvgIpc) is 2.41. The van der Waals surface area contributed by atoms with Crippen LogP contribution in [0, 0.1) is 5.92 Å². The third-order valence-electron chi connectivity index (χ3n) is 4.14. The van der Waals surface area contributed by atoms with Gasteiger partial charge in [-0.15, -0.1) is 0 Å². The Morgan fingerprint density at radius 3 is 2.44 bits per heavy atom. The number of phenols is 1. The molecular formula is C15H24N2O. The predicted molar refractivity (Wildman–Crippen MR) is 74.6 cm³/mol. The van der Waals surface area contributed by atoms with E-state index in [9.17, 15) is 5.11 Å². The fourth-order valence-corrected chi connectivity index (χ4v) is 2.71. The maximum Gasteiger partial charge on any atom is 0.115 e. The van der Waals surface area contributed by atoms with Gasteiger partial charge in [0.05, 0.1) is 0 Å². The van der Waals surface area contributed by atoms with Gasteiger partial charge in [-0.2, -0.15) is 0 Å². The van der Waals surface area contributed by atoms with E-state index >= 15 is 0 Å². The first kappa shape index (κ1) is 13.4. The van der Waals surface area contributed by atoms with Gasteiger partial charge in [0.15, 0.2) is 0 Å². The van der Waals surface area contributed by atoms with Crippen molar-refractivity contribution in [3.63, 3.8) is 0 Å². The third kappa shape index (κ3) is 3.47.